The summed E-state index contributed by atoms with van der Waals surface area (Å²) in [7, 11) is -2.50. The van der Waals surface area contributed by atoms with E-state index in [0.29, 0.717) is 12.3 Å². The molecule has 0 aromatic carbocycles. The minimum Gasteiger partial charge on any atom is -0.246 e. The summed E-state index contributed by atoms with van der Waals surface area (Å²) in [6, 6.07) is 0. The van der Waals surface area contributed by atoms with Crippen molar-refractivity contribution in [3.8, 4) is 0 Å². The first kappa shape index (κ1) is 12.6. The summed E-state index contributed by atoms with van der Waals surface area (Å²) in [5.74, 6) is 0. The minimum absolute atomic E-state index is 0.321. The molecule has 0 aliphatic heterocycles. The SMILES string of the molecule is FCP(CF)CCP(CF)CF. The van der Waals surface area contributed by atoms with Crippen LogP contribution in [-0.4, -0.2) is 38.0 Å². The van der Waals surface area contributed by atoms with Gasteiger partial charge in [-0.2, -0.15) is 0 Å². The van der Waals surface area contributed by atoms with Crippen molar-refractivity contribution in [1.82, 2.24) is 0 Å². The number of halogens is 4. The van der Waals surface area contributed by atoms with E-state index in [1.165, 1.54) is 0 Å². The quantitative estimate of drug-likeness (QED) is 0.455. The molecule has 0 heterocycles. The van der Waals surface area contributed by atoms with Crippen molar-refractivity contribution in [3.05, 3.63) is 0 Å². The lowest BCUT2D eigenvalue weighted by Gasteiger charge is -2.12. The van der Waals surface area contributed by atoms with Gasteiger partial charge in [0.25, 0.3) is 0 Å². The molecule has 0 bridgehead atoms. The molecule has 0 amide bonds. The Balaban J connectivity index is 3.49. The molecule has 0 atom stereocenters. The van der Waals surface area contributed by atoms with Crippen LogP contribution >= 0.6 is 15.8 Å². The molecule has 0 saturated heterocycles. The van der Waals surface area contributed by atoms with E-state index in [1.807, 2.05) is 0 Å². The molecule has 0 fully saturated rings. The minimum atomic E-state index is -1.25. The van der Waals surface area contributed by atoms with E-state index >= 15 is 0 Å². The van der Waals surface area contributed by atoms with Crippen molar-refractivity contribution >= 4 is 15.8 Å². The Bertz CT molecular complexity index is 83.5. The van der Waals surface area contributed by atoms with Crippen LogP contribution in [0, 0.1) is 0 Å². The van der Waals surface area contributed by atoms with Gasteiger partial charge in [0.05, 0.1) is 0 Å². The van der Waals surface area contributed by atoms with E-state index in [-0.39, 0.29) is 0 Å². The number of rotatable bonds is 7. The van der Waals surface area contributed by atoms with Crippen LogP contribution in [0.15, 0.2) is 0 Å². The van der Waals surface area contributed by atoms with Crippen LogP contribution in [0.5, 0.6) is 0 Å². The van der Waals surface area contributed by atoms with Crippen LogP contribution in [0.3, 0.4) is 0 Å². The molecule has 0 nitrogen and oxygen atoms in total. The predicted molar refractivity (Wildman–Crippen MR) is 47.5 cm³/mol. The number of hydrogen-bond donors (Lipinski definition) is 0. The highest BCUT2D eigenvalue weighted by Gasteiger charge is 2.12. The van der Waals surface area contributed by atoms with Crippen molar-refractivity contribution < 1.29 is 17.6 Å². The van der Waals surface area contributed by atoms with Crippen molar-refractivity contribution in [2.75, 3.05) is 38.0 Å². The summed E-state index contributed by atoms with van der Waals surface area (Å²) in [4.78, 5) is 0. The smallest absolute Gasteiger partial charge is 0.111 e. The van der Waals surface area contributed by atoms with Gasteiger partial charge >= 0.3 is 0 Å². The molecule has 74 valence electrons. The predicted octanol–water partition coefficient (Wildman–Crippen LogP) is 3.66. The average Bonchev–Trinajstić information content (AvgIpc) is 2.13. The van der Waals surface area contributed by atoms with E-state index in [2.05, 4.69) is 0 Å². The van der Waals surface area contributed by atoms with Crippen molar-refractivity contribution in [3.63, 3.8) is 0 Å². The molecular formula is C6H12F4P2. The van der Waals surface area contributed by atoms with Gasteiger partial charge in [0.1, 0.15) is 25.7 Å². The second kappa shape index (κ2) is 8.19. The third-order valence-electron chi connectivity index (χ3n) is 1.41. The highest BCUT2D eigenvalue weighted by molar-refractivity contribution is 7.61. The van der Waals surface area contributed by atoms with E-state index in [0.717, 1.165) is 0 Å². The third kappa shape index (κ3) is 5.27. The van der Waals surface area contributed by atoms with Gasteiger partial charge in [0.2, 0.25) is 0 Å². The molecule has 0 rings (SSSR count). The van der Waals surface area contributed by atoms with E-state index in [1.54, 1.807) is 0 Å². The average molecular weight is 222 g/mol. The molecule has 12 heavy (non-hydrogen) atoms. The summed E-state index contributed by atoms with van der Waals surface area (Å²) in [6.07, 6.45) is -2.05. The van der Waals surface area contributed by atoms with Gasteiger partial charge in [-0.05, 0) is 28.2 Å². The second-order valence-corrected chi connectivity index (χ2v) is 6.80. The van der Waals surface area contributed by atoms with Gasteiger partial charge in [-0.15, -0.1) is 0 Å². The fourth-order valence-corrected chi connectivity index (χ4v) is 3.45. The van der Waals surface area contributed by atoms with Gasteiger partial charge < -0.3 is 0 Å². The summed E-state index contributed by atoms with van der Waals surface area (Å²) < 4.78 is 47.7. The van der Waals surface area contributed by atoms with Crippen LogP contribution in [0.4, 0.5) is 17.6 Å². The summed E-state index contributed by atoms with van der Waals surface area (Å²) in [6.45, 7) is 0. The Hall–Kier alpha value is 0.580. The zero-order valence-electron chi connectivity index (χ0n) is 6.65. The van der Waals surface area contributed by atoms with Crippen molar-refractivity contribution in [2.24, 2.45) is 0 Å². The Labute approximate surface area is 72.2 Å². The maximum atomic E-state index is 11.9. The molecule has 0 spiro atoms. The Morgan fingerprint density at radius 1 is 0.583 bits per heavy atom. The van der Waals surface area contributed by atoms with Gasteiger partial charge in [0, 0.05) is 0 Å². The lowest BCUT2D eigenvalue weighted by molar-refractivity contribution is 0.561. The van der Waals surface area contributed by atoms with Crippen LogP contribution in [0.2, 0.25) is 0 Å². The normalized spacial score (nSPS) is 11.5. The Morgan fingerprint density at radius 2 is 0.833 bits per heavy atom. The first-order valence-electron chi connectivity index (χ1n) is 3.47. The Kier molecular flexibility index (Phi) is 8.59. The fraction of sp³-hybridized carbons (Fsp3) is 1.00. The maximum Gasteiger partial charge on any atom is 0.111 e. The molecular weight excluding hydrogens is 210 g/mol. The van der Waals surface area contributed by atoms with Crippen molar-refractivity contribution in [2.45, 2.75) is 0 Å². The molecule has 6 heteroatoms. The third-order valence-corrected chi connectivity index (χ3v) is 4.83. The lowest BCUT2D eigenvalue weighted by Crippen LogP contribution is -1.96. The Morgan fingerprint density at radius 3 is 1.00 bits per heavy atom. The first-order valence-corrected chi connectivity index (χ1v) is 7.26. The number of hydrogen-bond acceptors (Lipinski definition) is 0. The first-order chi connectivity index (χ1) is 5.78. The van der Waals surface area contributed by atoms with E-state index < -0.39 is 41.5 Å². The van der Waals surface area contributed by atoms with Gasteiger partial charge in [-0.1, -0.05) is 0 Å². The van der Waals surface area contributed by atoms with E-state index in [4.69, 9.17) is 0 Å². The maximum absolute atomic E-state index is 11.9. The second-order valence-electron chi connectivity index (χ2n) is 2.27. The molecule has 0 N–H and O–H groups in total. The topological polar surface area (TPSA) is 0 Å². The van der Waals surface area contributed by atoms with Gasteiger partial charge in [0.15, 0.2) is 0 Å². The number of alkyl halides is 4. The molecule has 0 aromatic rings. The molecule has 0 aliphatic rings. The van der Waals surface area contributed by atoms with E-state index in [9.17, 15) is 17.6 Å². The zero-order valence-corrected chi connectivity index (χ0v) is 8.44. The van der Waals surface area contributed by atoms with Crippen molar-refractivity contribution in [1.29, 1.82) is 0 Å². The van der Waals surface area contributed by atoms with Crippen LogP contribution in [-0.2, 0) is 0 Å². The molecule has 0 aromatic heterocycles. The van der Waals surface area contributed by atoms with Gasteiger partial charge in [-0.3, -0.25) is 0 Å². The lowest BCUT2D eigenvalue weighted by atomic mass is 11.0. The highest BCUT2D eigenvalue weighted by atomic mass is 31.1. The molecule has 0 aliphatic carbocycles. The zero-order chi connectivity index (χ0) is 9.40. The molecule has 0 radical (unpaired) electrons. The summed E-state index contributed by atoms with van der Waals surface area (Å²) >= 11 is 0. The van der Waals surface area contributed by atoms with Crippen LogP contribution in [0.1, 0.15) is 0 Å². The largest absolute Gasteiger partial charge is 0.246 e. The van der Waals surface area contributed by atoms with Crippen LogP contribution < -0.4 is 0 Å². The fourth-order valence-electron chi connectivity index (χ4n) is 0.586. The molecule has 0 saturated carbocycles. The summed E-state index contributed by atoms with van der Waals surface area (Å²) in [5.41, 5.74) is 0. The van der Waals surface area contributed by atoms with Gasteiger partial charge in [-0.25, -0.2) is 17.6 Å². The highest BCUT2D eigenvalue weighted by Crippen LogP contribution is 2.43. The monoisotopic (exact) mass is 222 g/mol. The summed E-state index contributed by atoms with van der Waals surface area (Å²) in [5, 5.41) is 0. The standard InChI is InChI=1S/C6H12F4P2/c7-3-11(4-8)1-2-12(5-9)6-10/h1-6H2. The van der Waals surface area contributed by atoms with Crippen LogP contribution in [0.25, 0.3) is 0 Å². The molecule has 0 unspecified atom stereocenters.